The van der Waals surface area contributed by atoms with E-state index in [0.717, 1.165) is 22.3 Å². The number of benzene rings is 4. The van der Waals surface area contributed by atoms with E-state index in [-0.39, 0.29) is 5.91 Å². The molecule has 0 spiro atoms. The number of nitrogens with zero attached hydrogens (tertiary/aromatic N) is 1. The number of amides is 1. The van der Waals surface area contributed by atoms with Gasteiger partial charge in [0.05, 0.1) is 12.1 Å². The van der Waals surface area contributed by atoms with Gasteiger partial charge in [-0.05, 0) is 46.5 Å². The second-order valence-corrected chi connectivity index (χ2v) is 7.91. The number of halogens is 1. The molecule has 0 atom stereocenters. The van der Waals surface area contributed by atoms with Gasteiger partial charge in [0.2, 0.25) is 0 Å². The molecule has 0 fully saturated rings. The molecule has 1 amide bonds. The lowest BCUT2D eigenvalue weighted by atomic mass is 9.91. The number of hydrogen-bond donors (Lipinski definition) is 1. The summed E-state index contributed by atoms with van der Waals surface area (Å²) in [5.74, 6) is 0.0732. The fourth-order valence-corrected chi connectivity index (χ4v) is 3.58. The first kappa shape index (κ1) is 22.3. The molecular weight excluding hydrogens is 432 g/mol. The summed E-state index contributed by atoms with van der Waals surface area (Å²) in [5.41, 5.74) is 6.36. The SMILES string of the molecule is O=C(N/N=C\c1cccc(OCc2ccc(Cl)cc2)c1)C(c1ccccc1)c1ccccc1. The Morgan fingerprint density at radius 3 is 2.12 bits per heavy atom. The molecule has 0 unspecified atom stereocenters. The molecule has 5 heteroatoms. The number of rotatable bonds is 8. The summed E-state index contributed by atoms with van der Waals surface area (Å²) in [7, 11) is 0. The van der Waals surface area contributed by atoms with E-state index < -0.39 is 5.92 Å². The van der Waals surface area contributed by atoms with Crippen LogP contribution < -0.4 is 10.2 Å². The van der Waals surface area contributed by atoms with Crippen LogP contribution in [0.2, 0.25) is 5.02 Å². The number of carbonyl (C=O) groups excluding carboxylic acids is 1. The van der Waals surface area contributed by atoms with Crippen molar-refractivity contribution in [1.82, 2.24) is 5.43 Å². The van der Waals surface area contributed by atoms with Crippen LogP contribution in [0, 0.1) is 0 Å². The quantitative estimate of drug-likeness (QED) is 0.254. The third-order valence-electron chi connectivity index (χ3n) is 5.09. The highest BCUT2D eigenvalue weighted by Gasteiger charge is 2.22. The van der Waals surface area contributed by atoms with Gasteiger partial charge in [-0.25, -0.2) is 5.43 Å². The molecule has 164 valence electrons. The molecule has 0 heterocycles. The van der Waals surface area contributed by atoms with Crippen molar-refractivity contribution >= 4 is 23.7 Å². The number of nitrogens with one attached hydrogen (secondary N) is 1. The monoisotopic (exact) mass is 454 g/mol. The highest BCUT2D eigenvalue weighted by molar-refractivity contribution is 6.30. The average molecular weight is 455 g/mol. The van der Waals surface area contributed by atoms with Gasteiger partial charge in [0.15, 0.2) is 0 Å². The van der Waals surface area contributed by atoms with Gasteiger partial charge in [-0.1, -0.05) is 96.5 Å². The number of hydrogen-bond acceptors (Lipinski definition) is 3. The van der Waals surface area contributed by atoms with Gasteiger partial charge < -0.3 is 4.74 Å². The average Bonchev–Trinajstić information content (AvgIpc) is 2.85. The molecule has 0 saturated heterocycles. The Bertz CT molecular complexity index is 1170. The van der Waals surface area contributed by atoms with Crippen molar-refractivity contribution in [2.75, 3.05) is 0 Å². The summed E-state index contributed by atoms with van der Waals surface area (Å²) in [6, 6.07) is 34.4. The first-order chi connectivity index (χ1) is 16.2. The Balaban J connectivity index is 1.41. The van der Waals surface area contributed by atoms with E-state index in [2.05, 4.69) is 10.5 Å². The van der Waals surface area contributed by atoms with Gasteiger partial charge in [-0.3, -0.25) is 4.79 Å². The maximum Gasteiger partial charge on any atom is 0.252 e. The molecule has 0 radical (unpaired) electrons. The Morgan fingerprint density at radius 2 is 1.48 bits per heavy atom. The predicted octanol–water partition coefficient (Wildman–Crippen LogP) is 6.20. The van der Waals surface area contributed by atoms with Crippen LogP contribution in [0.3, 0.4) is 0 Å². The molecule has 33 heavy (non-hydrogen) atoms. The number of carbonyl (C=O) groups is 1. The van der Waals surface area contributed by atoms with Crippen molar-refractivity contribution in [2.24, 2.45) is 5.10 Å². The fraction of sp³-hybridized carbons (Fsp3) is 0.0714. The van der Waals surface area contributed by atoms with E-state index in [4.69, 9.17) is 16.3 Å². The Kier molecular flexibility index (Phi) is 7.52. The number of hydrazone groups is 1. The van der Waals surface area contributed by atoms with Gasteiger partial charge >= 0.3 is 0 Å². The maximum absolute atomic E-state index is 13.0. The molecule has 4 aromatic carbocycles. The van der Waals surface area contributed by atoms with Crippen LogP contribution in [0.25, 0.3) is 0 Å². The van der Waals surface area contributed by atoms with Crippen molar-refractivity contribution in [3.63, 3.8) is 0 Å². The van der Waals surface area contributed by atoms with Crippen LogP contribution in [0.4, 0.5) is 0 Å². The van der Waals surface area contributed by atoms with E-state index in [9.17, 15) is 4.79 Å². The lowest BCUT2D eigenvalue weighted by molar-refractivity contribution is -0.121. The van der Waals surface area contributed by atoms with Crippen molar-refractivity contribution in [3.05, 3.63) is 136 Å². The molecule has 4 rings (SSSR count). The van der Waals surface area contributed by atoms with Crippen molar-refractivity contribution < 1.29 is 9.53 Å². The highest BCUT2D eigenvalue weighted by atomic mass is 35.5. The first-order valence-electron chi connectivity index (χ1n) is 10.6. The third kappa shape index (κ3) is 6.31. The van der Waals surface area contributed by atoms with E-state index in [1.165, 1.54) is 0 Å². The predicted molar refractivity (Wildman–Crippen MR) is 133 cm³/mol. The summed E-state index contributed by atoms with van der Waals surface area (Å²) in [5, 5.41) is 4.88. The summed E-state index contributed by atoms with van der Waals surface area (Å²) in [6.07, 6.45) is 1.61. The van der Waals surface area contributed by atoms with Gasteiger partial charge in [0.25, 0.3) is 5.91 Å². The zero-order chi connectivity index (χ0) is 22.9. The molecule has 0 aliphatic carbocycles. The van der Waals surface area contributed by atoms with Crippen LogP contribution in [0.5, 0.6) is 5.75 Å². The Hall–Kier alpha value is -3.89. The summed E-state index contributed by atoms with van der Waals surface area (Å²) in [4.78, 5) is 13.0. The molecule has 0 bridgehead atoms. The normalized spacial score (nSPS) is 11.0. The molecule has 0 aliphatic heterocycles. The standard InChI is InChI=1S/C28H23ClN2O2/c29-25-16-14-21(15-17-25)20-33-26-13-7-8-22(18-26)19-30-31-28(32)27(23-9-3-1-4-10-23)24-11-5-2-6-12-24/h1-19,27H,20H2,(H,31,32)/b30-19-. The second kappa shape index (κ2) is 11.1. The summed E-state index contributed by atoms with van der Waals surface area (Å²) in [6.45, 7) is 0.435. The van der Waals surface area contributed by atoms with Gasteiger partial charge in [0.1, 0.15) is 12.4 Å². The van der Waals surface area contributed by atoms with E-state index >= 15 is 0 Å². The lowest BCUT2D eigenvalue weighted by Gasteiger charge is -2.16. The zero-order valence-electron chi connectivity index (χ0n) is 17.9. The van der Waals surface area contributed by atoms with Gasteiger partial charge in [-0.15, -0.1) is 0 Å². The summed E-state index contributed by atoms with van der Waals surface area (Å²) < 4.78 is 5.86. The van der Waals surface area contributed by atoms with E-state index in [0.29, 0.717) is 17.4 Å². The van der Waals surface area contributed by atoms with E-state index in [1.807, 2.05) is 109 Å². The van der Waals surface area contributed by atoms with Gasteiger partial charge in [0, 0.05) is 5.02 Å². The third-order valence-corrected chi connectivity index (χ3v) is 5.35. The van der Waals surface area contributed by atoms with Crippen LogP contribution in [0.15, 0.2) is 114 Å². The maximum atomic E-state index is 13.0. The second-order valence-electron chi connectivity index (χ2n) is 7.48. The van der Waals surface area contributed by atoms with Crippen molar-refractivity contribution in [2.45, 2.75) is 12.5 Å². The van der Waals surface area contributed by atoms with E-state index in [1.54, 1.807) is 6.21 Å². The minimum Gasteiger partial charge on any atom is -0.489 e. The smallest absolute Gasteiger partial charge is 0.252 e. The van der Waals surface area contributed by atoms with Gasteiger partial charge in [-0.2, -0.15) is 5.10 Å². The zero-order valence-corrected chi connectivity index (χ0v) is 18.7. The van der Waals surface area contributed by atoms with Crippen molar-refractivity contribution in [3.8, 4) is 5.75 Å². The minimum atomic E-state index is -0.446. The molecule has 4 aromatic rings. The first-order valence-corrected chi connectivity index (χ1v) is 11.0. The lowest BCUT2D eigenvalue weighted by Crippen LogP contribution is -2.26. The summed E-state index contributed by atoms with van der Waals surface area (Å²) >= 11 is 5.92. The molecule has 0 aromatic heterocycles. The molecule has 0 aliphatic rings. The largest absolute Gasteiger partial charge is 0.489 e. The molecule has 4 nitrogen and oxygen atoms in total. The van der Waals surface area contributed by atoms with Crippen molar-refractivity contribution in [1.29, 1.82) is 0 Å². The minimum absolute atomic E-state index is 0.196. The molecule has 0 saturated carbocycles. The van der Waals surface area contributed by atoms with Crippen LogP contribution >= 0.6 is 11.6 Å². The molecular formula is C28H23ClN2O2. The Labute approximate surface area is 198 Å². The number of ether oxygens (including phenoxy) is 1. The fourth-order valence-electron chi connectivity index (χ4n) is 3.45. The highest BCUT2D eigenvalue weighted by Crippen LogP contribution is 2.24. The Morgan fingerprint density at radius 1 is 0.848 bits per heavy atom. The van der Waals surface area contributed by atoms with Crippen LogP contribution in [0.1, 0.15) is 28.2 Å². The van der Waals surface area contributed by atoms with Crippen LogP contribution in [-0.4, -0.2) is 12.1 Å². The van der Waals surface area contributed by atoms with Crippen LogP contribution in [-0.2, 0) is 11.4 Å². The molecule has 1 N–H and O–H groups in total. The topological polar surface area (TPSA) is 50.7 Å².